The Morgan fingerprint density at radius 1 is 1.18 bits per heavy atom. The molecule has 0 radical (unpaired) electrons. The van der Waals surface area contributed by atoms with Gasteiger partial charge in [0.25, 0.3) is 5.91 Å². The van der Waals surface area contributed by atoms with Crippen molar-refractivity contribution in [3.05, 3.63) is 45.2 Å². The number of hydrogen-bond donors (Lipinski definition) is 1. The van der Waals surface area contributed by atoms with Gasteiger partial charge in [0.1, 0.15) is 5.75 Å². The van der Waals surface area contributed by atoms with Gasteiger partial charge < -0.3 is 10.1 Å². The molecule has 1 amide bonds. The third-order valence-electron chi connectivity index (χ3n) is 5.47. The molecule has 1 aromatic rings. The predicted octanol–water partition coefficient (Wildman–Crippen LogP) is 5.41. The molecule has 0 unspecified atom stereocenters. The van der Waals surface area contributed by atoms with E-state index in [0.29, 0.717) is 12.3 Å². The summed E-state index contributed by atoms with van der Waals surface area (Å²) in [5.74, 6) is 1.03. The normalized spacial score (nSPS) is 19.8. The van der Waals surface area contributed by atoms with Crippen molar-refractivity contribution in [1.82, 2.24) is 5.32 Å². The number of allylic oxidation sites excluding steroid dienone is 1. The molecule has 0 bridgehead atoms. The van der Waals surface area contributed by atoms with Crippen LogP contribution in [0.1, 0.15) is 63.4 Å². The number of hydrogen-bond acceptors (Lipinski definition) is 3. The van der Waals surface area contributed by atoms with Crippen LogP contribution in [0.4, 0.5) is 0 Å². The molecule has 0 aromatic heterocycles. The maximum atomic E-state index is 12.2. The monoisotopic (exact) mass is 493 g/mol. The molecule has 3 rings (SSSR count). The molecule has 1 saturated carbocycles. The number of amides is 1. The molecule has 1 aliphatic heterocycles. The number of carbonyl (C=O) groups is 2. The van der Waals surface area contributed by atoms with E-state index in [4.69, 9.17) is 4.74 Å². The number of Topliss-reactive ketones (excluding diaryl/α,β-unsaturated/α-hetero) is 1. The second-order valence-corrected chi connectivity index (χ2v) is 8.99. The van der Waals surface area contributed by atoms with Crippen molar-refractivity contribution >= 4 is 40.4 Å². The lowest BCUT2D eigenvalue weighted by molar-refractivity contribution is -0.123. The molecule has 2 aliphatic rings. The summed E-state index contributed by atoms with van der Waals surface area (Å²) in [6.07, 6.45) is 12.3. The number of unbranched alkanes of at least 4 members (excludes halogenated alkanes) is 1. The quantitative estimate of drug-likeness (QED) is 0.239. The summed E-state index contributed by atoms with van der Waals surface area (Å²) >= 11 is 2.22. The molecule has 1 aromatic carbocycles. The van der Waals surface area contributed by atoms with Crippen molar-refractivity contribution in [2.24, 2.45) is 5.92 Å². The Bertz CT molecular complexity index is 756. The number of ether oxygens (including phenoxy) is 1. The molecule has 2 fully saturated rings. The topological polar surface area (TPSA) is 55.4 Å². The van der Waals surface area contributed by atoms with Crippen LogP contribution < -0.4 is 10.1 Å². The number of benzene rings is 1. The van der Waals surface area contributed by atoms with Crippen molar-refractivity contribution in [1.29, 1.82) is 0 Å². The number of ketones is 1. The van der Waals surface area contributed by atoms with E-state index in [1.165, 1.54) is 44.9 Å². The summed E-state index contributed by atoms with van der Waals surface area (Å²) in [5, 5.41) is 2.64. The summed E-state index contributed by atoms with van der Waals surface area (Å²) in [6, 6.07) is 5.83. The lowest BCUT2D eigenvalue weighted by Crippen LogP contribution is -2.34. The van der Waals surface area contributed by atoms with Gasteiger partial charge in [-0.2, -0.15) is 0 Å². The Morgan fingerprint density at radius 3 is 2.71 bits per heavy atom. The molecule has 150 valence electrons. The van der Waals surface area contributed by atoms with Crippen LogP contribution in [0.5, 0.6) is 5.75 Å². The van der Waals surface area contributed by atoms with E-state index in [1.54, 1.807) is 6.08 Å². The van der Waals surface area contributed by atoms with Gasteiger partial charge in [0.15, 0.2) is 5.78 Å². The predicted molar refractivity (Wildman–Crippen MR) is 120 cm³/mol. The minimum atomic E-state index is -0.390. The van der Waals surface area contributed by atoms with Gasteiger partial charge in [-0.3, -0.25) is 9.59 Å². The SMILES string of the molecule is C=C1CC(=O)/C(=C/c2cc(I)ccc2OCCCCC2CCCCC2)C(=O)N1. The van der Waals surface area contributed by atoms with E-state index in [1.807, 2.05) is 18.2 Å². The summed E-state index contributed by atoms with van der Waals surface area (Å²) in [7, 11) is 0. The van der Waals surface area contributed by atoms with Gasteiger partial charge in [-0.25, -0.2) is 0 Å². The highest BCUT2D eigenvalue weighted by molar-refractivity contribution is 14.1. The third kappa shape index (κ3) is 5.93. The molecule has 0 atom stereocenters. The fraction of sp³-hybridized carbons (Fsp3) is 0.478. The smallest absolute Gasteiger partial charge is 0.259 e. The van der Waals surface area contributed by atoms with Gasteiger partial charge in [0, 0.05) is 14.8 Å². The van der Waals surface area contributed by atoms with Gasteiger partial charge in [-0.1, -0.05) is 45.1 Å². The lowest BCUT2D eigenvalue weighted by atomic mass is 9.86. The zero-order valence-corrected chi connectivity index (χ0v) is 18.4. The Balaban J connectivity index is 1.59. The van der Waals surface area contributed by atoms with E-state index in [-0.39, 0.29) is 17.8 Å². The van der Waals surface area contributed by atoms with Crippen LogP contribution in [0, 0.1) is 9.49 Å². The second-order valence-electron chi connectivity index (χ2n) is 7.75. The minimum Gasteiger partial charge on any atom is -0.493 e. The van der Waals surface area contributed by atoms with Crippen molar-refractivity contribution in [3.8, 4) is 5.75 Å². The Morgan fingerprint density at radius 2 is 1.96 bits per heavy atom. The number of piperidine rings is 1. The molecule has 5 heteroatoms. The van der Waals surface area contributed by atoms with Gasteiger partial charge >= 0.3 is 0 Å². The highest BCUT2D eigenvalue weighted by Gasteiger charge is 2.25. The number of carbonyl (C=O) groups excluding carboxylic acids is 2. The highest BCUT2D eigenvalue weighted by atomic mass is 127. The summed E-state index contributed by atoms with van der Waals surface area (Å²) in [6.45, 7) is 4.33. The molecule has 1 heterocycles. The van der Waals surface area contributed by atoms with Gasteiger partial charge in [-0.15, -0.1) is 0 Å². The first-order chi connectivity index (χ1) is 13.5. The molecule has 1 saturated heterocycles. The zero-order chi connectivity index (χ0) is 19.9. The maximum Gasteiger partial charge on any atom is 0.259 e. The zero-order valence-electron chi connectivity index (χ0n) is 16.3. The fourth-order valence-corrected chi connectivity index (χ4v) is 4.46. The average molecular weight is 493 g/mol. The van der Waals surface area contributed by atoms with E-state index in [0.717, 1.165) is 27.2 Å². The van der Waals surface area contributed by atoms with Crippen LogP contribution >= 0.6 is 22.6 Å². The molecule has 1 N–H and O–H groups in total. The standard InChI is InChI=1S/C23H28INO3/c1-16-13-21(26)20(23(27)25-16)15-18-14-19(24)10-11-22(18)28-12-6-5-9-17-7-3-2-4-8-17/h10-11,14-15,17H,1-9,12-13H2,(H,25,27)/b20-15-. The maximum absolute atomic E-state index is 12.2. The van der Waals surface area contributed by atoms with E-state index in [2.05, 4.69) is 34.5 Å². The largest absolute Gasteiger partial charge is 0.493 e. The summed E-state index contributed by atoms with van der Waals surface area (Å²) in [4.78, 5) is 24.4. The van der Waals surface area contributed by atoms with E-state index >= 15 is 0 Å². The van der Waals surface area contributed by atoms with Crippen LogP contribution in [-0.4, -0.2) is 18.3 Å². The van der Waals surface area contributed by atoms with Crippen LogP contribution in [0.2, 0.25) is 0 Å². The molecule has 4 nitrogen and oxygen atoms in total. The Hall–Kier alpha value is -1.63. The summed E-state index contributed by atoms with van der Waals surface area (Å²) in [5.41, 5.74) is 1.38. The van der Waals surface area contributed by atoms with E-state index in [9.17, 15) is 9.59 Å². The van der Waals surface area contributed by atoms with Crippen molar-refractivity contribution in [3.63, 3.8) is 0 Å². The fourth-order valence-electron chi connectivity index (χ4n) is 3.95. The van der Waals surface area contributed by atoms with Crippen molar-refractivity contribution in [2.75, 3.05) is 6.61 Å². The number of rotatable bonds is 7. The van der Waals surface area contributed by atoms with Crippen molar-refractivity contribution in [2.45, 2.75) is 57.8 Å². The Labute approximate surface area is 180 Å². The summed E-state index contributed by atoms with van der Waals surface area (Å²) < 4.78 is 7.04. The Kier molecular flexibility index (Phi) is 7.71. The first kappa shape index (κ1) is 21.1. The van der Waals surface area contributed by atoms with Gasteiger partial charge in [0.2, 0.25) is 0 Å². The van der Waals surface area contributed by atoms with Crippen LogP contribution in [0.3, 0.4) is 0 Å². The highest BCUT2D eigenvalue weighted by Crippen LogP contribution is 2.29. The number of halogens is 1. The van der Waals surface area contributed by atoms with Gasteiger partial charge in [-0.05, 0) is 65.6 Å². The molecule has 28 heavy (non-hydrogen) atoms. The van der Waals surface area contributed by atoms with E-state index < -0.39 is 5.91 Å². The molecule has 0 spiro atoms. The minimum absolute atomic E-state index is 0.152. The van der Waals surface area contributed by atoms with Crippen molar-refractivity contribution < 1.29 is 14.3 Å². The average Bonchev–Trinajstić information content (AvgIpc) is 2.66. The van der Waals surface area contributed by atoms with Gasteiger partial charge in [0.05, 0.1) is 18.6 Å². The first-order valence-electron chi connectivity index (χ1n) is 10.2. The first-order valence-corrected chi connectivity index (χ1v) is 11.3. The third-order valence-corrected chi connectivity index (χ3v) is 6.14. The molecule has 1 aliphatic carbocycles. The van der Waals surface area contributed by atoms with Crippen LogP contribution in [0.25, 0.3) is 6.08 Å². The second kappa shape index (κ2) is 10.2. The van der Waals surface area contributed by atoms with Crippen LogP contribution in [0.15, 0.2) is 36.0 Å². The lowest BCUT2D eigenvalue weighted by Gasteiger charge is -2.21. The van der Waals surface area contributed by atoms with Crippen LogP contribution in [-0.2, 0) is 9.59 Å². The molecular weight excluding hydrogens is 465 g/mol. The number of nitrogens with one attached hydrogen (secondary N) is 1. The molecular formula is C23H28INO3.